The van der Waals surface area contributed by atoms with Crippen molar-refractivity contribution in [3.8, 4) is 0 Å². The van der Waals surface area contributed by atoms with Crippen LogP contribution in [0.5, 0.6) is 0 Å². The van der Waals surface area contributed by atoms with Gasteiger partial charge in [-0.15, -0.1) is 0 Å². The molecule has 0 bridgehead atoms. The van der Waals surface area contributed by atoms with Crippen LogP contribution in [0.15, 0.2) is 60.7 Å². The summed E-state index contributed by atoms with van der Waals surface area (Å²) >= 11 is 7.98. The van der Waals surface area contributed by atoms with Crippen molar-refractivity contribution >= 4 is 58.3 Å². The fraction of sp³-hybridized carbons (Fsp3) is 0.300. The van der Waals surface area contributed by atoms with E-state index in [-0.39, 0.29) is 21.1 Å². The van der Waals surface area contributed by atoms with Crippen molar-refractivity contribution in [2.45, 2.75) is 33.2 Å². The van der Waals surface area contributed by atoms with Gasteiger partial charge in [-0.25, -0.2) is 0 Å². The van der Waals surface area contributed by atoms with Crippen LogP contribution in [0, 0.1) is 0 Å². The third kappa shape index (κ3) is 13.7. The number of carbonyl (C=O) groups excluding carboxylic acids is 2. The van der Waals surface area contributed by atoms with E-state index in [2.05, 4.69) is 35.1 Å². The second-order valence-corrected chi connectivity index (χ2v) is 9.65. The molecule has 7 heteroatoms. The molecular formula is C20H24O4S2Sn. The van der Waals surface area contributed by atoms with Gasteiger partial charge in [0.05, 0.1) is 11.9 Å². The van der Waals surface area contributed by atoms with Crippen LogP contribution in [-0.4, -0.2) is 43.6 Å². The van der Waals surface area contributed by atoms with Crippen LogP contribution in [0.2, 0.25) is 9.88 Å². The van der Waals surface area contributed by atoms with Gasteiger partial charge in [-0.05, 0) is 24.0 Å². The second-order valence-electron chi connectivity index (χ2n) is 5.55. The molecule has 4 nitrogen and oxygen atoms in total. The number of carbonyl (C=O) groups is 2. The molecule has 0 aromatic heterocycles. The van der Waals surface area contributed by atoms with Gasteiger partial charge >= 0.3 is 31.0 Å². The summed E-state index contributed by atoms with van der Waals surface area (Å²) in [6, 6.07) is 18.7. The first-order valence-electron chi connectivity index (χ1n) is 8.26. The Kier molecular flexibility index (Phi) is 15.2. The zero-order valence-corrected chi connectivity index (χ0v) is 20.0. The molecular weight excluding hydrogens is 487 g/mol. The fourth-order valence-corrected chi connectivity index (χ4v) is 2.26. The summed E-state index contributed by atoms with van der Waals surface area (Å²) in [6.07, 6.45) is 0.818. The molecule has 0 saturated carbocycles. The van der Waals surface area contributed by atoms with E-state index in [0.29, 0.717) is 12.8 Å². The zero-order chi connectivity index (χ0) is 20.7. The second kappa shape index (κ2) is 15.9. The number of hydrogen-bond donors (Lipinski definition) is 2. The number of rotatable bonds is 6. The number of carboxylic acid groups (broad SMARTS) is 2. The van der Waals surface area contributed by atoms with E-state index >= 15 is 0 Å². The average molecular weight is 511 g/mol. The third-order valence-electron chi connectivity index (χ3n) is 3.09. The summed E-state index contributed by atoms with van der Waals surface area (Å²) in [4.78, 5) is 25.2. The van der Waals surface area contributed by atoms with E-state index in [1.165, 1.54) is 0 Å². The summed E-state index contributed by atoms with van der Waals surface area (Å²) in [5.41, 5.74) is 1.92. The Morgan fingerprint density at radius 1 is 0.778 bits per heavy atom. The summed E-state index contributed by atoms with van der Waals surface area (Å²) < 4.78 is 0. The van der Waals surface area contributed by atoms with E-state index in [1.54, 1.807) is 0 Å². The normalized spacial score (nSPS) is 11.4. The van der Waals surface area contributed by atoms with Crippen molar-refractivity contribution in [1.82, 2.24) is 0 Å². The summed E-state index contributed by atoms with van der Waals surface area (Å²) in [6.45, 7) is 0. The number of carboxylic acids is 2. The molecule has 0 heterocycles. The van der Waals surface area contributed by atoms with Gasteiger partial charge < -0.3 is 19.8 Å². The van der Waals surface area contributed by atoms with Crippen molar-refractivity contribution in [2.75, 3.05) is 0 Å². The predicted octanol–water partition coefficient (Wildman–Crippen LogP) is 1.34. The van der Waals surface area contributed by atoms with Gasteiger partial charge in [-0.3, -0.25) is 0 Å². The van der Waals surface area contributed by atoms with E-state index in [0.717, 1.165) is 11.1 Å². The van der Waals surface area contributed by atoms with Gasteiger partial charge in [0.15, 0.2) is 0 Å². The Morgan fingerprint density at radius 2 is 1.04 bits per heavy atom. The van der Waals surface area contributed by atoms with Crippen LogP contribution < -0.4 is 10.2 Å². The Hall–Kier alpha value is -1.12. The molecule has 2 aromatic rings. The average Bonchev–Trinajstić information content (AvgIpc) is 2.64. The minimum absolute atomic E-state index is 0.230. The van der Waals surface area contributed by atoms with Crippen molar-refractivity contribution < 1.29 is 19.8 Å². The molecule has 0 aliphatic rings. The molecule has 2 unspecified atom stereocenters. The van der Waals surface area contributed by atoms with Crippen molar-refractivity contribution in [3.63, 3.8) is 0 Å². The van der Waals surface area contributed by atoms with Crippen molar-refractivity contribution in [1.29, 1.82) is 0 Å². The first kappa shape index (κ1) is 25.9. The zero-order valence-electron chi connectivity index (χ0n) is 15.4. The minimum atomic E-state index is -1.12. The molecule has 0 amide bonds. The van der Waals surface area contributed by atoms with Gasteiger partial charge in [0.2, 0.25) is 0 Å². The molecule has 0 aliphatic carbocycles. The molecule has 0 fully saturated rings. The van der Waals surface area contributed by atoms with Gasteiger partial charge in [-0.2, -0.15) is 25.3 Å². The predicted molar refractivity (Wildman–Crippen MR) is 113 cm³/mol. The number of thiol groups is 2. The Labute approximate surface area is 182 Å². The molecule has 0 saturated heterocycles. The molecule has 2 atom stereocenters. The molecule has 0 aliphatic heterocycles. The van der Waals surface area contributed by atoms with Crippen LogP contribution in [-0.2, 0) is 22.4 Å². The van der Waals surface area contributed by atoms with E-state index in [4.69, 9.17) is 0 Å². The Bertz CT molecular complexity index is 596. The quantitative estimate of drug-likeness (QED) is 0.454. The van der Waals surface area contributed by atoms with Gasteiger partial charge in [0.1, 0.15) is 0 Å². The Morgan fingerprint density at radius 3 is 1.26 bits per heavy atom. The van der Waals surface area contributed by atoms with Crippen LogP contribution in [0.3, 0.4) is 0 Å². The third-order valence-corrected chi connectivity index (χ3v) is 3.87. The summed E-state index contributed by atoms with van der Waals surface area (Å²) in [5.74, 6) is -2.25. The first-order valence-corrected chi connectivity index (χ1v) is 15.0. The molecule has 0 N–H and O–H groups in total. The standard InChI is InChI=1S/2C9H10O2S.2CH3.Sn/c2*10-9(11)8(12)6-7-4-2-1-3-5-7;;;/h2*1-5,8,12H,6H2,(H,10,11);2*1H3;/q;;;;+2/p-2. The summed E-state index contributed by atoms with van der Waals surface area (Å²) in [5, 5.41) is 19.2. The van der Waals surface area contributed by atoms with Crippen LogP contribution in [0.4, 0.5) is 0 Å². The van der Waals surface area contributed by atoms with Crippen LogP contribution in [0.1, 0.15) is 11.1 Å². The van der Waals surface area contributed by atoms with Crippen molar-refractivity contribution in [2.24, 2.45) is 0 Å². The van der Waals surface area contributed by atoms with E-state index < -0.39 is 22.4 Å². The maximum absolute atomic E-state index is 10.3. The van der Waals surface area contributed by atoms with Gasteiger partial charge in [0, 0.05) is 10.5 Å². The molecule has 0 radical (unpaired) electrons. The topological polar surface area (TPSA) is 80.3 Å². The van der Waals surface area contributed by atoms with Gasteiger partial charge in [0.25, 0.3) is 0 Å². The van der Waals surface area contributed by atoms with Crippen LogP contribution >= 0.6 is 25.3 Å². The Balaban J connectivity index is 0.000000438. The number of hydrogen-bond acceptors (Lipinski definition) is 6. The van der Waals surface area contributed by atoms with E-state index in [9.17, 15) is 19.8 Å². The monoisotopic (exact) mass is 512 g/mol. The molecule has 27 heavy (non-hydrogen) atoms. The molecule has 144 valence electrons. The first-order chi connectivity index (χ1) is 12.8. The molecule has 0 spiro atoms. The molecule has 2 aromatic carbocycles. The van der Waals surface area contributed by atoms with Gasteiger partial charge in [-0.1, -0.05) is 60.7 Å². The SMILES string of the molecule is O=C([O-])C(S)Cc1ccccc1.O=C([O-])C(S)Cc1ccccc1.[CH3][Sn+2][CH3]. The molecule has 2 rings (SSSR count). The number of benzene rings is 2. The summed E-state index contributed by atoms with van der Waals surface area (Å²) in [7, 11) is 0. The number of aliphatic carboxylic acids is 2. The maximum atomic E-state index is 10.3. The van der Waals surface area contributed by atoms with Crippen molar-refractivity contribution in [3.05, 3.63) is 71.8 Å². The van der Waals surface area contributed by atoms with E-state index in [1.807, 2.05) is 60.7 Å². The van der Waals surface area contributed by atoms with Crippen LogP contribution in [0.25, 0.3) is 0 Å². The fourth-order valence-electron chi connectivity index (χ4n) is 1.84.